The van der Waals surface area contributed by atoms with Gasteiger partial charge in [0.05, 0.1) is 17.9 Å². The number of rotatable bonds is 7. The molecule has 3 heterocycles. The predicted molar refractivity (Wildman–Crippen MR) is 126 cm³/mol. The van der Waals surface area contributed by atoms with Crippen LogP contribution in [-0.2, 0) is 30.9 Å². The number of nitrogens with zero attached hydrogens (tertiary/aromatic N) is 2. The second-order valence-electron chi connectivity index (χ2n) is 8.74. The van der Waals surface area contributed by atoms with Gasteiger partial charge in [-0.3, -0.25) is 19.1 Å². The summed E-state index contributed by atoms with van der Waals surface area (Å²) in [6.45, 7) is 3.27. The maximum absolute atomic E-state index is 13.2. The van der Waals surface area contributed by atoms with E-state index >= 15 is 0 Å². The molecular weight excluding hydrogens is 460 g/mol. The van der Waals surface area contributed by atoms with Crippen LogP contribution in [0.25, 0.3) is 0 Å². The Morgan fingerprint density at radius 2 is 1.82 bits per heavy atom. The van der Waals surface area contributed by atoms with Gasteiger partial charge < -0.3 is 19.5 Å². The monoisotopic (exact) mass is 488 g/mol. The molecule has 0 aliphatic carbocycles. The average molecular weight is 489 g/mol. The van der Waals surface area contributed by atoms with Crippen molar-refractivity contribution >= 4 is 33.2 Å². The van der Waals surface area contributed by atoms with Crippen LogP contribution in [0.2, 0.25) is 0 Å². The number of fused-ring (bicyclic) bond motifs is 4. The molecule has 11 heteroatoms. The summed E-state index contributed by atoms with van der Waals surface area (Å²) in [4.78, 5) is 38.6. The number of pyridine rings is 1. The van der Waals surface area contributed by atoms with Gasteiger partial charge in [0.1, 0.15) is 5.69 Å². The highest BCUT2D eigenvalue weighted by Gasteiger charge is 2.36. The molecule has 2 N–H and O–H groups in total. The van der Waals surface area contributed by atoms with E-state index in [1.807, 2.05) is 4.90 Å². The molecule has 1 aromatic heterocycles. The average Bonchev–Trinajstić information content (AvgIpc) is 2.79. The number of methoxy groups -OCH3 is 1. The molecular formula is C23H28N4O6S. The van der Waals surface area contributed by atoms with E-state index in [1.54, 1.807) is 17.7 Å². The highest BCUT2D eigenvalue weighted by atomic mass is 32.2. The topological polar surface area (TPSA) is 127 Å². The van der Waals surface area contributed by atoms with Crippen LogP contribution in [-0.4, -0.2) is 56.5 Å². The van der Waals surface area contributed by atoms with E-state index in [-0.39, 0.29) is 34.2 Å². The molecule has 1 fully saturated rings. The third kappa shape index (κ3) is 5.00. The van der Waals surface area contributed by atoms with Crippen molar-refractivity contribution in [3.05, 3.63) is 52.4 Å². The second-order valence-corrected chi connectivity index (χ2v) is 10.4. The largest absolute Gasteiger partial charge is 0.384 e. The zero-order valence-corrected chi connectivity index (χ0v) is 19.9. The summed E-state index contributed by atoms with van der Waals surface area (Å²) >= 11 is 0. The van der Waals surface area contributed by atoms with Gasteiger partial charge in [0, 0.05) is 51.0 Å². The number of benzene rings is 1. The number of sulfonamides is 1. The Balaban J connectivity index is 1.53. The summed E-state index contributed by atoms with van der Waals surface area (Å²) < 4.78 is 34.8. The number of aromatic nitrogens is 1. The van der Waals surface area contributed by atoms with Crippen LogP contribution >= 0.6 is 0 Å². The van der Waals surface area contributed by atoms with E-state index in [4.69, 9.17) is 4.74 Å². The quantitative estimate of drug-likeness (QED) is 0.609. The lowest BCUT2D eigenvalue weighted by Gasteiger charge is -2.43. The molecule has 2 aliphatic rings. The first-order chi connectivity index (χ1) is 16.2. The van der Waals surface area contributed by atoms with Crippen LogP contribution in [0.1, 0.15) is 31.4 Å². The van der Waals surface area contributed by atoms with Crippen molar-refractivity contribution < 1.29 is 22.7 Å². The molecule has 2 amide bonds. The number of amides is 2. The number of hydrogen-bond donors (Lipinski definition) is 2. The minimum Gasteiger partial charge on any atom is -0.384 e. The highest BCUT2D eigenvalue weighted by Crippen LogP contribution is 2.35. The molecule has 10 nitrogen and oxygen atoms in total. The van der Waals surface area contributed by atoms with Gasteiger partial charge in [-0.25, -0.2) is 8.42 Å². The molecule has 2 aromatic rings. The minimum atomic E-state index is -4.00. The van der Waals surface area contributed by atoms with Crippen molar-refractivity contribution in [2.45, 2.75) is 37.1 Å². The third-order valence-corrected chi connectivity index (χ3v) is 7.59. The fraction of sp³-hybridized carbons (Fsp3) is 0.435. The van der Waals surface area contributed by atoms with Gasteiger partial charge in [0.25, 0.3) is 15.6 Å². The van der Waals surface area contributed by atoms with Crippen LogP contribution in [0, 0.1) is 5.92 Å². The van der Waals surface area contributed by atoms with Crippen molar-refractivity contribution in [3.8, 4) is 0 Å². The summed E-state index contributed by atoms with van der Waals surface area (Å²) in [6, 6.07) is 8.95. The van der Waals surface area contributed by atoms with Gasteiger partial charge >= 0.3 is 0 Å². The van der Waals surface area contributed by atoms with Gasteiger partial charge in [-0.15, -0.1) is 0 Å². The molecule has 4 rings (SSSR count). The standard InChI is InChI=1S/C23H28N4O6S/c1-15(28)24-18-3-5-19(6-4-18)34(31,32)25-20-7-8-21-17-11-16(13-27(21)23(20)30)12-26(14-17)22(29)9-10-33-2/h3-8,16-17,25H,9-14H2,1-2H3,(H,24,28)/t16-,17+/m0/s1. The molecule has 0 spiro atoms. The normalized spacial score (nSPS) is 19.3. The molecule has 1 saturated heterocycles. The molecule has 182 valence electrons. The number of likely N-dealkylation sites (tertiary alicyclic amines) is 1. The van der Waals surface area contributed by atoms with Crippen LogP contribution in [0.5, 0.6) is 0 Å². The Bertz CT molecular complexity index is 1260. The molecule has 2 aliphatic heterocycles. The van der Waals surface area contributed by atoms with E-state index in [1.165, 1.54) is 37.3 Å². The predicted octanol–water partition coefficient (Wildman–Crippen LogP) is 1.59. The maximum Gasteiger partial charge on any atom is 0.275 e. The van der Waals surface area contributed by atoms with Crippen molar-refractivity contribution in [3.63, 3.8) is 0 Å². The first kappa shape index (κ1) is 24.0. The lowest BCUT2D eigenvalue weighted by molar-refractivity contribution is -0.134. The Morgan fingerprint density at radius 1 is 1.09 bits per heavy atom. The van der Waals surface area contributed by atoms with Crippen LogP contribution in [0.15, 0.2) is 46.1 Å². The zero-order chi connectivity index (χ0) is 24.5. The summed E-state index contributed by atoms with van der Waals surface area (Å²) in [5.41, 5.74) is 0.863. The fourth-order valence-electron chi connectivity index (χ4n) is 4.70. The summed E-state index contributed by atoms with van der Waals surface area (Å²) in [7, 11) is -2.43. The van der Waals surface area contributed by atoms with Crippen LogP contribution in [0.3, 0.4) is 0 Å². The third-order valence-electron chi connectivity index (χ3n) is 6.21. The van der Waals surface area contributed by atoms with Gasteiger partial charge in [0.2, 0.25) is 11.8 Å². The molecule has 34 heavy (non-hydrogen) atoms. The van der Waals surface area contributed by atoms with E-state index in [9.17, 15) is 22.8 Å². The summed E-state index contributed by atoms with van der Waals surface area (Å²) in [5.74, 6) is -0.0633. The molecule has 0 radical (unpaired) electrons. The number of carbonyl (C=O) groups is 2. The summed E-state index contributed by atoms with van der Waals surface area (Å²) in [5, 5.41) is 2.58. The van der Waals surface area contributed by atoms with E-state index in [0.717, 1.165) is 12.1 Å². The van der Waals surface area contributed by atoms with Crippen molar-refractivity contribution in [2.75, 3.05) is 36.8 Å². The SMILES string of the molecule is COCCC(=O)N1C[C@@H]2C[C@H](C1)c1ccc(NS(=O)(=O)c3ccc(NC(C)=O)cc3)c(=O)n1C2. The molecule has 0 saturated carbocycles. The van der Waals surface area contributed by atoms with Gasteiger partial charge in [-0.2, -0.15) is 0 Å². The number of carbonyl (C=O) groups excluding carboxylic acids is 2. The Hall–Kier alpha value is -3.18. The number of nitrogens with one attached hydrogen (secondary N) is 2. The maximum atomic E-state index is 13.2. The zero-order valence-electron chi connectivity index (χ0n) is 19.1. The molecule has 0 unspecified atom stereocenters. The van der Waals surface area contributed by atoms with Crippen molar-refractivity contribution in [1.29, 1.82) is 0 Å². The van der Waals surface area contributed by atoms with Gasteiger partial charge in [-0.05, 0) is 48.7 Å². The van der Waals surface area contributed by atoms with Gasteiger partial charge in [0.15, 0.2) is 0 Å². The first-order valence-corrected chi connectivity index (χ1v) is 12.6. The Labute approximate surface area is 198 Å². The number of anilines is 2. The van der Waals surface area contributed by atoms with Gasteiger partial charge in [-0.1, -0.05) is 0 Å². The lowest BCUT2D eigenvalue weighted by Crippen LogP contribution is -2.49. The van der Waals surface area contributed by atoms with E-state index in [2.05, 4.69) is 10.0 Å². The fourth-order valence-corrected chi connectivity index (χ4v) is 5.76. The van der Waals surface area contributed by atoms with E-state index < -0.39 is 15.6 Å². The minimum absolute atomic E-state index is 0.0224. The smallest absolute Gasteiger partial charge is 0.275 e. The Kier molecular flexibility index (Phi) is 6.76. The second kappa shape index (κ2) is 9.59. The van der Waals surface area contributed by atoms with Crippen LogP contribution in [0.4, 0.5) is 11.4 Å². The van der Waals surface area contributed by atoms with E-state index in [0.29, 0.717) is 38.3 Å². The molecule has 1 aromatic carbocycles. The highest BCUT2D eigenvalue weighted by molar-refractivity contribution is 7.92. The number of ether oxygens (including phenoxy) is 1. The lowest BCUT2D eigenvalue weighted by atomic mass is 9.83. The van der Waals surface area contributed by atoms with Crippen molar-refractivity contribution in [2.24, 2.45) is 5.92 Å². The molecule has 2 bridgehead atoms. The summed E-state index contributed by atoms with van der Waals surface area (Å²) in [6.07, 6.45) is 1.22. The van der Waals surface area contributed by atoms with Crippen LogP contribution < -0.4 is 15.6 Å². The van der Waals surface area contributed by atoms with Crippen molar-refractivity contribution in [1.82, 2.24) is 9.47 Å². The first-order valence-electron chi connectivity index (χ1n) is 11.1. The Morgan fingerprint density at radius 3 is 2.50 bits per heavy atom. The molecule has 2 atom stereocenters. The number of hydrogen-bond acceptors (Lipinski definition) is 6. The number of piperidine rings is 1.